The van der Waals surface area contributed by atoms with Crippen molar-refractivity contribution < 1.29 is 4.74 Å². The Bertz CT molecular complexity index is 601. The molecule has 0 radical (unpaired) electrons. The molecule has 2 aromatic carbocycles. The Hall–Kier alpha value is -0.840. The van der Waals surface area contributed by atoms with E-state index in [0.717, 1.165) is 27.5 Å². The van der Waals surface area contributed by atoms with Crippen LogP contribution < -0.4 is 10.5 Å². The number of rotatable bonds is 6. The van der Waals surface area contributed by atoms with Gasteiger partial charge in [-0.25, -0.2) is 0 Å². The van der Waals surface area contributed by atoms with Crippen molar-refractivity contribution in [3.05, 3.63) is 62.5 Å². The largest absolute Gasteiger partial charge is 0.496 e. The van der Waals surface area contributed by atoms with Crippen LogP contribution in [-0.4, -0.2) is 13.7 Å². The summed E-state index contributed by atoms with van der Waals surface area (Å²) in [6.07, 6.45) is 1.95. The number of halogens is 2. The Morgan fingerprint density at radius 1 is 1.05 bits per heavy atom. The fourth-order valence-corrected chi connectivity index (χ4v) is 3.44. The molecule has 0 spiro atoms. The molecule has 2 nitrogen and oxygen atoms in total. The van der Waals surface area contributed by atoms with Crippen LogP contribution in [0.5, 0.6) is 5.75 Å². The SMILES string of the molecule is COc1ccc(CC(CN)Cc2cccc(Br)c2)cc1Br. The number of methoxy groups -OCH3 is 1. The lowest BCUT2D eigenvalue weighted by molar-refractivity contribution is 0.411. The highest BCUT2D eigenvalue weighted by Gasteiger charge is 2.11. The summed E-state index contributed by atoms with van der Waals surface area (Å²) in [7, 11) is 1.68. The van der Waals surface area contributed by atoms with Crippen molar-refractivity contribution in [1.82, 2.24) is 0 Å². The van der Waals surface area contributed by atoms with Gasteiger partial charge < -0.3 is 10.5 Å². The van der Waals surface area contributed by atoms with Gasteiger partial charge in [-0.15, -0.1) is 0 Å². The van der Waals surface area contributed by atoms with E-state index in [1.54, 1.807) is 7.11 Å². The number of ether oxygens (including phenoxy) is 1. The van der Waals surface area contributed by atoms with E-state index >= 15 is 0 Å². The van der Waals surface area contributed by atoms with Crippen molar-refractivity contribution in [3.8, 4) is 5.75 Å². The van der Waals surface area contributed by atoms with Crippen LogP contribution in [0, 0.1) is 5.92 Å². The first-order chi connectivity index (χ1) is 10.1. The van der Waals surface area contributed by atoms with Gasteiger partial charge in [0.15, 0.2) is 0 Å². The lowest BCUT2D eigenvalue weighted by Crippen LogP contribution is -2.19. The van der Waals surface area contributed by atoms with Crippen molar-refractivity contribution in [2.75, 3.05) is 13.7 Å². The Morgan fingerprint density at radius 3 is 2.33 bits per heavy atom. The fraction of sp³-hybridized carbons (Fsp3) is 0.294. The summed E-state index contributed by atoms with van der Waals surface area (Å²) >= 11 is 7.05. The topological polar surface area (TPSA) is 35.2 Å². The first-order valence-electron chi connectivity index (χ1n) is 6.89. The predicted octanol–water partition coefficient (Wildman–Crippen LogP) is 4.58. The minimum Gasteiger partial charge on any atom is -0.496 e. The number of hydrogen-bond donors (Lipinski definition) is 1. The van der Waals surface area contributed by atoms with Crippen molar-refractivity contribution in [2.24, 2.45) is 11.7 Å². The Balaban J connectivity index is 2.07. The highest BCUT2D eigenvalue weighted by atomic mass is 79.9. The molecule has 1 atom stereocenters. The molecule has 112 valence electrons. The van der Waals surface area contributed by atoms with Crippen molar-refractivity contribution in [2.45, 2.75) is 12.8 Å². The van der Waals surface area contributed by atoms with Crippen LogP contribution in [0.1, 0.15) is 11.1 Å². The van der Waals surface area contributed by atoms with E-state index in [0.29, 0.717) is 12.5 Å². The van der Waals surface area contributed by atoms with Gasteiger partial charge in [0.1, 0.15) is 5.75 Å². The molecule has 0 saturated carbocycles. The van der Waals surface area contributed by atoms with Gasteiger partial charge in [0.05, 0.1) is 11.6 Å². The van der Waals surface area contributed by atoms with Crippen LogP contribution in [0.25, 0.3) is 0 Å². The second kappa shape index (κ2) is 7.97. The zero-order valence-corrected chi connectivity index (χ0v) is 15.2. The molecule has 0 amide bonds. The molecule has 0 saturated heterocycles. The molecule has 0 aliphatic heterocycles. The molecular formula is C17H19Br2NO. The average Bonchev–Trinajstić information content (AvgIpc) is 2.47. The predicted molar refractivity (Wildman–Crippen MR) is 94.8 cm³/mol. The minimum atomic E-state index is 0.430. The Labute approximate surface area is 143 Å². The monoisotopic (exact) mass is 411 g/mol. The van der Waals surface area contributed by atoms with Crippen LogP contribution >= 0.6 is 31.9 Å². The molecule has 0 fully saturated rings. The Kier molecular flexibility index (Phi) is 6.27. The lowest BCUT2D eigenvalue weighted by atomic mass is 9.92. The Morgan fingerprint density at radius 2 is 1.76 bits per heavy atom. The minimum absolute atomic E-state index is 0.430. The third-order valence-electron chi connectivity index (χ3n) is 3.49. The molecule has 21 heavy (non-hydrogen) atoms. The van der Waals surface area contributed by atoms with Gasteiger partial charge >= 0.3 is 0 Å². The maximum atomic E-state index is 5.95. The summed E-state index contributed by atoms with van der Waals surface area (Å²) in [4.78, 5) is 0. The quantitative estimate of drug-likeness (QED) is 0.753. The summed E-state index contributed by atoms with van der Waals surface area (Å²) in [5, 5.41) is 0. The molecule has 2 N–H and O–H groups in total. The van der Waals surface area contributed by atoms with Gasteiger partial charge in [0, 0.05) is 4.47 Å². The molecule has 0 aliphatic carbocycles. The van der Waals surface area contributed by atoms with E-state index in [-0.39, 0.29) is 0 Å². The van der Waals surface area contributed by atoms with Crippen LogP contribution in [0.15, 0.2) is 51.4 Å². The smallest absolute Gasteiger partial charge is 0.133 e. The van der Waals surface area contributed by atoms with Crippen LogP contribution in [-0.2, 0) is 12.8 Å². The van der Waals surface area contributed by atoms with Crippen molar-refractivity contribution >= 4 is 31.9 Å². The summed E-state index contributed by atoms with van der Waals surface area (Å²) in [6, 6.07) is 14.6. The van der Waals surface area contributed by atoms with E-state index in [2.05, 4.69) is 62.2 Å². The second-order valence-corrected chi connectivity index (χ2v) is 6.88. The number of nitrogens with two attached hydrogens (primary N) is 1. The molecule has 1 unspecified atom stereocenters. The van der Waals surface area contributed by atoms with Gasteiger partial charge in [0.25, 0.3) is 0 Å². The first kappa shape index (κ1) is 16.5. The van der Waals surface area contributed by atoms with Crippen molar-refractivity contribution in [3.63, 3.8) is 0 Å². The third kappa shape index (κ3) is 4.83. The van der Waals surface area contributed by atoms with E-state index in [9.17, 15) is 0 Å². The van der Waals surface area contributed by atoms with E-state index in [1.807, 2.05) is 12.1 Å². The standard InChI is InChI=1S/C17H19Br2NO/c1-21-17-6-5-13(10-16(17)19)8-14(11-20)7-12-3-2-4-15(18)9-12/h2-6,9-10,14H,7-8,11,20H2,1H3. The number of benzene rings is 2. The molecule has 0 bridgehead atoms. The van der Waals surface area contributed by atoms with Crippen LogP contribution in [0.3, 0.4) is 0 Å². The highest BCUT2D eigenvalue weighted by molar-refractivity contribution is 9.10. The van der Waals surface area contributed by atoms with E-state index in [1.165, 1.54) is 11.1 Å². The van der Waals surface area contributed by atoms with Crippen LogP contribution in [0.2, 0.25) is 0 Å². The third-order valence-corrected chi connectivity index (χ3v) is 4.60. The fourth-order valence-electron chi connectivity index (χ4n) is 2.41. The molecule has 2 rings (SSSR count). The zero-order chi connectivity index (χ0) is 15.2. The second-order valence-electron chi connectivity index (χ2n) is 5.11. The lowest BCUT2D eigenvalue weighted by Gasteiger charge is -2.16. The maximum absolute atomic E-state index is 5.95. The highest BCUT2D eigenvalue weighted by Crippen LogP contribution is 2.27. The molecular weight excluding hydrogens is 394 g/mol. The maximum Gasteiger partial charge on any atom is 0.133 e. The summed E-state index contributed by atoms with van der Waals surface area (Å²) in [6.45, 7) is 0.677. The van der Waals surface area contributed by atoms with Gasteiger partial charge in [-0.2, -0.15) is 0 Å². The van der Waals surface area contributed by atoms with Gasteiger partial charge in [-0.3, -0.25) is 0 Å². The summed E-state index contributed by atoms with van der Waals surface area (Å²) in [5.74, 6) is 1.29. The van der Waals surface area contributed by atoms with Crippen LogP contribution in [0.4, 0.5) is 0 Å². The normalized spacial score (nSPS) is 12.2. The molecule has 0 heterocycles. The van der Waals surface area contributed by atoms with E-state index < -0.39 is 0 Å². The molecule has 0 aromatic heterocycles. The molecule has 2 aromatic rings. The van der Waals surface area contributed by atoms with Gasteiger partial charge in [0.2, 0.25) is 0 Å². The first-order valence-corrected chi connectivity index (χ1v) is 8.48. The average molecular weight is 413 g/mol. The zero-order valence-electron chi connectivity index (χ0n) is 12.0. The summed E-state index contributed by atoms with van der Waals surface area (Å²) < 4.78 is 7.36. The van der Waals surface area contributed by atoms with E-state index in [4.69, 9.17) is 10.5 Å². The van der Waals surface area contributed by atoms with Crippen molar-refractivity contribution in [1.29, 1.82) is 0 Å². The number of hydrogen-bond acceptors (Lipinski definition) is 2. The molecule has 4 heteroatoms. The summed E-state index contributed by atoms with van der Waals surface area (Å²) in [5.41, 5.74) is 8.54. The van der Waals surface area contributed by atoms with Gasteiger partial charge in [-0.1, -0.05) is 34.1 Å². The molecule has 0 aliphatic rings. The van der Waals surface area contributed by atoms with Gasteiger partial charge in [-0.05, 0) is 76.6 Å².